The molecule has 11 heavy (non-hydrogen) atoms. The van der Waals surface area contributed by atoms with Crippen molar-refractivity contribution in [2.24, 2.45) is 0 Å². The molecule has 0 amide bonds. The molecule has 0 saturated carbocycles. The van der Waals surface area contributed by atoms with Gasteiger partial charge in [-0.15, -0.1) is 0 Å². The Morgan fingerprint density at radius 2 is 1.27 bits per heavy atom. The van der Waals surface area contributed by atoms with Gasteiger partial charge in [0.25, 0.3) is 0 Å². The molecule has 1 aromatic rings. The highest BCUT2D eigenvalue weighted by Gasteiger charge is 1.89. The van der Waals surface area contributed by atoms with Crippen LogP contribution < -0.4 is 0 Å². The Labute approximate surface area is 86.1 Å². The summed E-state index contributed by atoms with van der Waals surface area (Å²) in [6.07, 6.45) is 0. The molecule has 0 aliphatic heterocycles. The lowest BCUT2D eigenvalue weighted by atomic mass is 10.4. The highest BCUT2D eigenvalue weighted by Crippen LogP contribution is 2.19. The Balaban J connectivity index is 0.000000292. The fraction of sp³-hybridized carbons (Fsp3) is 0. The van der Waals surface area contributed by atoms with Gasteiger partial charge < -0.3 is 0 Å². The van der Waals surface area contributed by atoms with E-state index in [4.69, 9.17) is 23.2 Å². The monoisotopic (exact) mass is 222 g/mol. The smallest absolute Gasteiger partial charge is 0.0592 e. The van der Waals surface area contributed by atoms with Gasteiger partial charge in [-0.2, -0.15) is 0 Å². The average molecular weight is 223 g/mol. The Morgan fingerprint density at radius 3 is 1.45 bits per heavy atom. The van der Waals surface area contributed by atoms with Gasteiger partial charge in [0.05, 0.1) is 10.0 Å². The Hall–Kier alpha value is 0.0200. The summed E-state index contributed by atoms with van der Waals surface area (Å²) in [5.41, 5.74) is 0. The molecule has 0 aliphatic carbocycles. The number of hydrogen-bond donors (Lipinski definition) is 0. The summed E-state index contributed by atoms with van der Waals surface area (Å²) < 4.78 is 1.92. The molecule has 58 valence electrons. The predicted octanol–water partition coefficient (Wildman–Crippen LogP) is 4.01. The lowest BCUT2D eigenvalue weighted by Gasteiger charge is -1.88. The van der Waals surface area contributed by atoms with E-state index in [2.05, 4.69) is 24.4 Å². The summed E-state index contributed by atoms with van der Waals surface area (Å²) >= 11 is 19.1. The molecule has 0 unspecified atom stereocenters. The average Bonchev–Trinajstić information content (AvgIpc) is 1.97. The van der Waals surface area contributed by atoms with Crippen LogP contribution in [0.25, 0.3) is 0 Å². The SMILES string of the molecule is Clc1ccccc1Cl.S=C=S. The Kier molecular flexibility index (Phi) is 6.73. The van der Waals surface area contributed by atoms with Gasteiger partial charge in [-0.1, -0.05) is 35.3 Å². The van der Waals surface area contributed by atoms with Crippen LogP contribution in [0.3, 0.4) is 0 Å². The molecule has 0 bridgehead atoms. The second-order valence-electron chi connectivity index (χ2n) is 1.50. The Morgan fingerprint density at radius 1 is 1.00 bits per heavy atom. The molecule has 1 rings (SSSR count). The quantitative estimate of drug-likeness (QED) is 0.609. The molecule has 0 saturated heterocycles. The fourth-order valence-corrected chi connectivity index (χ4v) is 0.711. The van der Waals surface area contributed by atoms with Crippen molar-refractivity contribution in [2.75, 3.05) is 0 Å². The van der Waals surface area contributed by atoms with Gasteiger partial charge in [-0.05, 0) is 36.6 Å². The van der Waals surface area contributed by atoms with E-state index in [1.165, 1.54) is 0 Å². The second kappa shape index (κ2) is 6.71. The number of halogens is 2. The van der Waals surface area contributed by atoms with E-state index in [0.717, 1.165) is 0 Å². The Bertz CT molecular complexity index is 233. The van der Waals surface area contributed by atoms with Crippen LogP contribution in [-0.4, -0.2) is 4.31 Å². The van der Waals surface area contributed by atoms with Crippen LogP contribution >= 0.6 is 47.6 Å². The topological polar surface area (TPSA) is 0 Å². The van der Waals surface area contributed by atoms with E-state index in [1.54, 1.807) is 12.1 Å². The molecule has 0 radical (unpaired) electrons. The molecule has 0 spiro atoms. The molecule has 0 heterocycles. The van der Waals surface area contributed by atoms with Crippen molar-refractivity contribution in [3.63, 3.8) is 0 Å². The van der Waals surface area contributed by atoms with Crippen LogP contribution in [0.4, 0.5) is 0 Å². The number of rotatable bonds is 0. The lowest BCUT2D eigenvalue weighted by molar-refractivity contribution is 1.71. The van der Waals surface area contributed by atoms with Crippen molar-refractivity contribution in [3.05, 3.63) is 34.3 Å². The van der Waals surface area contributed by atoms with E-state index < -0.39 is 0 Å². The third-order valence-electron chi connectivity index (χ3n) is 0.824. The molecule has 0 nitrogen and oxygen atoms in total. The molecular formula is C7H4Cl2S2. The molecule has 0 aliphatic rings. The van der Waals surface area contributed by atoms with E-state index >= 15 is 0 Å². The van der Waals surface area contributed by atoms with E-state index in [0.29, 0.717) is 10.0 Å². The van der Waals surface area contributed by atoms with Crippen molar-refractivity contribution in [1.29, 1.82) is 0 Å². The van der Waals surface area contributed by atoms with Gasteiger partial charge in [0.2, 0.25) is 0 Å². The van der Waals surface area contributed by atoms with Crippen LogP contribution in [-0.2, 0) is 0 Å². The summed E-state index contributed by atoms with van der Waals surface area (Å²) in [7, 11) is 0. The van der Waals surface area contributed by atoms with Crippen molar-refractivity contribution in [3.8, 4) is 0 Å². The van der Waals surface area contributed by atoms with Crippen LogP contribution in [0.15, 0.2) is 24.3 Å². The molecule has 0 N–H and O–H groups in total. The van der Waals surface area contributed by atoms with Crippen LogP contribution in [0.2, 0.25) is 10.0 Å². The molecule has 0 atom stereocenters. The maximum absolute atomic E-state index is 5.58. The number of hydrogen-bond acceptors (Lipinski definition) is 2. The van der Waals surface area contributed by atoms with Crippen LogP contribution in [0.5, 0.6) is 0 Å². The molecule has 0 fully saturated rings. The van der Waals surface area contributed by atoms with Crippen molar-refractivity contribution < 1.29 is 0 Å². The zero-order chi connectivity index (χ0) is 8.69. The molecular weight excluding hydrogens is 219 g/mol. The minimum absolute atomic E-state index is 0.606. The summed E-state index contributed by atoms with van der Waals surface area (Å²) in [6.45, 7) is 0. The number of thiocarbonyl (C=S) groups is 2. The van der Waals surface area contributed by atoms with Gasteiger partial charge in [-0.25, -0.2) is 0 Å². The normalized spacial score (nSPS) is 7.45. The van der Waals surface area contributed by atoms with E-state index in [-0.39, 0.29) is 0 Å². The first-order chi connectivity index (χ1) is 5.22. The maximum atomic E-state index is 5.58. The summed E-state index contributed by atoms with van der Waals surface area (Å²) in [4.78, 5) is 0. The summed E-state index contributed by atoms with van der Waals surface area (Å²) in [5, 5.41) is 1.21. The molecule has 0 aromatic heterocycles. The number of benzene rings is 1. The van der Waals surface area contributed by atoms with Crippen molar-refractivity contribution in [2.45, 2.75) is 0 Å². The first-order valence-corrected chi connectivity index (χ1v) is 4.19. The van der Waals surface area contributed by atoms with Crippen molar-refractivity contribution >= 4 is 52.0 Å². The first-order valence-electron chi connectivity index (χ1n) is 2.61. The van der Waals surface area contributed by atoms with E-state index in [9.17, 15) is 0 Å². The third kappa shape index (κ3) is 5.31. The minimum atomic E-state index is 0.606. The minimum Gasteiger partial charge on any atom is -0.0827 e. The molecule has 1 aromatic carbocycles. The fourth-order valence-electron chi connectivity index (χ4n) is 0.439. The summed E-state index contributed by atoms with van der Waals surface area (Å²) in [6, 6.07) is 7.19. The highest BCUT2D eigenvalue weighted by atomic mass is 35.5. The van der Waals surface area contributed by atoms with Gasteiger partial charge in [0.15, 0.2) is 0 Å². The van der Waals surface area contributed by atoms with Crippen molar-refractivity contribution in [1.82, 2.24) is 0 Å². The standard InChI is InChI=1S/C6H4Cl2.CS2/c7-5-3-1-2-4-6(5)8;2-1-3/h1-4H;. The van der Waals surface area contributed by atoms with Gasteiger partial charge in [0, 0.05) is 4.31 Å². The van der Waals surface area contributed by atoms with Gasteiger partial charge >= 0.3 is 0 Å². The lowest BCUT2D eigenvalue weighted by Crippen LogP contribution is -1.62. The summed E-state index contributed by atoms with van der Waals surface area (Å²) in [5.74, 6) is 0. The molecule has 4 heteroatoms. The van der Waals surface area contributed by atoms with Gasteiger partial charge in [0.1, 0.15) is 0 Å². The zero-order valence-corrected chi connectivity index (χ0v) is 8.53. The third-order valence-corrected chi connectivity index (χ3v) is 1.58. The first kappa shape index (κ1) is 11.0. The van der Waals surface area contributed by atoms with Gasteiger partial charge in [-0.3, -0.25) is 0 Å². The predicted molar refractivity (Wildman–Crippen MR) is 56.7 cm³/mol. The van der Waals surface area contributed by atoms with E-state index in [1.807, 2.05) is 16.4 Å². The highest BCUT2D eigenvalue weighted by molar-refractivity contribution is 7.93. The van der Waals surface area contributed by atoms with Crippen LogP contribution in [0, 0.1) is 0 Å². The largest absolute Gasteiger partial charge is 0.0827 e. The second-order valence-corrected chi connectivity index (χ2v) is 2.98. The maximum Gasteiger partial charge on any atom is 0.0592 e. The zero-order valence-electron chi connectivity index (χ0n) is 5.38. The van der Waals surface area contributed by atoms with Crippen LogP contribution in [0.1, 0.15) is 0 Å².